The van der Waals surface area contributed by atoms with Crippen LogP contribution in [0.25, 0.3) is 0 Å². The topological polar surface area (TPSA) is 12.0 Å². The average Bonchev–Trinajstić information content (AvgIpc) is 2.37. The summed E-state index contributed by atoms with van der Waals surface area (Å²) >= 11 is 0. The lowest BCUT2D eigenvalue weighted by Gasteiger charge is -2.39. The van der Waals surface area contributed by atoms with Crippen molar-refractivity contribution in [2.75, 3.05) is 6.54 Å². The molecule has 1 fully saturated rings. The Morgan fingerprint density at radius 2 is 1.90 bits per heavy atom. The molecule has 1 aromatic carbocycles. The fraction of sp³-hybridized carbons (Fsp3) is 0.684. The second kappa shape index (κ2) is 6.76. The normalized spacial score (nSPS) is 27.2. The predicted octanol–water partition coefficient (Wildman–Crippen LogP) is 4.98. The average molecular weight is 273 g/mol. The van der Waals surface area contributed by atoms with E-state index in [-0.39, 0.29) is 0 Å². The van der Waals surface area contributed by atoms with Crippen LogP contribution in [-0.2, 0) is 0 Å². The van der Waals surface area contributed by atoms with Gasteiger partial charge in [-0.2, -0.15) is 0 Å². The number of hydrogen-bond donors (Lipinski definition) is 1. The van der Waals surface area contributed by atoms with Crippen molar-refractivity contribution >= 4 is 0 Å². The molecule has 0 spiro atoms. The molecule has 1 nitrogen and oxygen atoms in total. The lowest BCUT2D eigenvalue weighted by atomic mass is 9.70. The number of benzene rings is 1. The summed E-state index contributed by atoms with van der Waals surface area (Å²) < 4.78 is 0. The Balaban J connectivity index is 1.75. The van der Waals surface area contributed by atoms with Crippen LogP contribution in [0.1, 0.15) is 64.9 Å². The van der Waals surface area contributed by atoms with Crippen molar-refractivity contribution in [1.29, 1.82) is 0 Å². The Bertz CT molecular complexity index is 395. The maximum absolute atomic E-state index is 3.81. The van der Waals surface area contributed by atoms with Crippen molar-refractivity contribution in [3.63, 3.8) is 0 Å². The van der Waals surface area contributed by atoms with Crippen LogP contribution in [0.15, 0.2) is 30.3 Å². The first kappa shape index (κ1) is 15.6. The molecule has 0 aliphatic heterocycles. The standard InChI is InChI=1S/C19H31N/c1-15-12-18(14-19(3,4)13-15)20-11-10-16(2)17-8-6-5-7-9-17/h5-9,15-16,18,20H,10-14H2,1-4H3. The summed E-state index contributed by atoms with van der Waals surface area (Å²) in [5, 5.41) is 3.81. The molecule has 1 N–H and O–H groups in total. The van der Waals surface area contributed by atoms with E-state index < -0.39 is 0 Å². The van der Waals surface area contributed by atoms with E-state index in [1.54, 1.807) is 0 Å². The van der Waals surface area contributed by atoms with E-state index in [2.05, 4.69) is 63.3 Å². The highest BCUT2D eigenvalue weighted by molar-refractivity contribution is 5.18. The van der Waals surface area contributed by atoms with E-state index >= 15 is 0 Å². The molecule has 0 aromatic heterocycles. The van der Waals surface area contributed by atoms with Gasteiger partial charge in [0.1, 0.15) is 0 Å². The molecular formula is C19H31N. The van der Waals surface area contributed by atoms with Crippen LogP contribution in [-0.4, -0.2) is 12.6 Å². The summed E-state index contributed by atoms with van der Waals surface area (Å²) in [5.41, 5.74) is 1.98. The Morgan fingerprint density at radius 3 is 2.55 bits per heavy atom. The van der Waals surface area contributed by atoms with Gasteiger partial charge >= 0.3 is 0 Å². The maximum Gasteiger partial charge on any atom is 0.00746 e. The highest BCUT2D eigenvalue weighted by atomic mass is 14.9. The summed E-state index contributed by atoms with van der Waals surface area (Å²) in [6, 6.07) is 11.6. The molecular weight excluding hydrogens is 242 g/mol. The second-order valence-electron chi connectivity index (χ2n) is 7.66. The molecule has 3 unspecified atom stereocenters. The fourth-order valence-electron chi connectivity index (χ4n) is 3.95. The van der Waals surface area contributed by atoms with Crippen molar-refractivity contribution in [3.05, 3.63) is 35.9 Å². The van der Waals surface area contributed by atoms with E-state index in [1.807, 2.05) is 0 Å². The minimum atomic E-state index is 0.514. The van der Waals surface area contributed by atoms with Gasteiger partial charge in [0.05, 0.1) is 0 Å². The zero-order chi connectivity index (χ0) is 14.6. The Hall–Kier alpha value is -0.820. The zero-order valence-electron chi connectivity index (χ0n) is 13.7. The third kappa shape index (κ3) is 4.63. The van der Waals surface area contributed by atoms with Gasteiger partial charge in [0, 0.05) is 6.04 Å². The minimum Gasteiger partial charge on any atom is -0.314 e. The van der Waals surface area contributed by atoms with E-state index in [4.69, 9.17) is 0 Å². The predicted molar refractivity (Wildman–Crippen MR) is 88.1 cm³/mol. The van der Waals surface area contributed by atoms with Crippen LogP contribution >= 0.6 is 0 Å². The van der Waals surface area contributed by atoms with E-state index in [0.29, 0.717) is 11.3 Å². The molecule has 3 atom stereocenters. The number of rotatable bonds is 5. The molecule has 1 aromatic rings. The lowest BCUT2D eigenvalue weighted by molar-refractivity contribution is 0.151. The first-order valence-electron chi connectivity index (χ1n) is 8.24. The van der Waals surface area contributed by atoms with Crippen LogP contribution in [0.5, 0.6) is 0 Å². The quantitative estimate of drug-likeness (QED) is 0.797. The first-order valence-corrected chi connectivity index (χ1v) is 8.24. The summed E-state index contributed by atoms with van der Waals surface area (Å²) in [5.74, 6) is 1.51. The smallest absolute Gasteiger partial charge is 0.00746 e. The highest BCUT2D eigenvalue weighted by Crippen LogP contribution is 2.38. The van der Waals surface area contributed by atoms with Gasteiger partial charge < -0.3 is 5.32 Å². The molecule has 1 heteroatoms. The molecule has 0 amide bonds. The van der Waals surface area contributed by atoms with Crippen molar-refractivity contribution < 1.29 is 0 Å². The van der Waals surface area contributed by atoms with Gasteiger partial charge in [0.15, 0.2) is 0 Å². The molecule has 1 aliphatic carbocycles. The van der Waals surface area contributed by atoms with Crippen LogP contribution in [0.4, 0.5) is 0 Å². The molecule has 0 radical (unpaired) electrons. The summed E-state index contributed by atoms with van der Waals surface area (Å²) in [6.45, 7) is 10.7. The second-order valence-corrected chi connectivity index (χ2v) is 7.66. The number of nitrogens with one attached hydrogen (secondary N) is 1. The third-order valence-corrected chi connectivity index (χ3v) is 4.77. The molecule has 1 aliphatic rings. The summed E-state index contributed by atoms with van der Waals surface area (Å²) in [4.78, 5) is 0. The largest absolute Gasteiger partial charge is 0.314 e. The monoisotopic (exact) mass is 273 g/mol. The lowest BCUT2D eigenvalue weighted by Crippen LogP contribution is -2.40. The van der Waals surface area contributed by atoms with Gasteiger partial charge in [-0.3, -0.25) is 0 Å². The van der Waals surface area contributed by atoms with Gasteiger partial charge in [-0.05, 0) is 55.0 Å². The van der Waals surface area contributed by atoms with Crippen molar-refractivity contribution in [2.24, 2.45) is 11.3 Å². The highest BCUT2D eigenvalue weighted by Gasteiger charge is 2.31. The first-order chi connectivity index (χ1) is 9.46. The molecule has 0 saturated heterocycles. The Morgan fingerprint density at radius 1 is 1.20 bits per heavy atom. The van der Waals surface area contributed by atoms with E-state index in [1.165, 1.54) is 31.2 Å². The molecule has 1 saturated carbocycles. The van der Waals surface area contributed by atoms with Gasteiger partial charge in [-0.1, -0.05) is 58.0 Å². The summed E-state index contributed by atoms with van der Waals surface area (Å²) in [7, 11) is 0. The molecule has 0 heterocycles. The molecule has 20 heavy (non-hydrogen) atoms. The zero-order valence-corrected chi connectivity index (χ0v) is 13.7. The van der Waals surface area contributed by atoms with Crippen molar-refractivity contribution in [2.45, 2.75) is 65.3 Å². The number of hydrogen-bond acceptors (Lipinski definition) is 1. The SMILES string of the molecule is CC1CC(NCCC(C)c2ccccc2)CC(C)(C)C1. The van der Waals surface area contributed by atoms with E-state index in [0.717, 1.165) is 18.5 Å². The van der Waals surface area contributed by atoms with Gasteiger partial charge in [0.25, 0.3) is 0 Å². The van der Waals surface area contributed by atoms with E-state index in [9.17, 15) is 0 Å². The van der Waals surface area contributed by atoms with Gasteiger partial charge in [-0.15, -0.1) is 0 Å². The summed E-state index contributed by atoms with van der Waals surface area (Å²) in [6.07, 6.45) is 5.29. The fourth-order valence-corrected chi connectivity index (χ4v) is 3.95. The Labute approximate surface area is 125 Å². The third-order valence-electron chi connectivity index (χ3n) is 4.77. The van der Waals surface area contributed by atoms with Crippen LogP contribution in [0, 0.1) is 11.3 Å². The van der Waals surface area contributed by atoms with Gasteiger partial charge in [0.2, 0.25) is 0 Å². The van der Waals surface area contributed by atoms with Crippen molar-refractivity contribution in [1.82, 2.24) is 5.32 Å². The maximum atomic E-state index is 3.81. The Kier molecular flexibility index (Phi) is 5.26. The minimum absolute atomic E-state index is 0.514. The van der Waals surface area contributed by atoms with Gasteiger partial charge in [-0.25, -0.2) is 0 Å². The van der Waals surface area contributed by atoms with Crippen LogP contribution in [0.2, 0.25) is 0 Å². The van der Waals surface area contributed by atoms with Crippen molar-refractivity contribution in [3.8, 4) is 0 Å². The molecule has 0 bridgehead atoms. The van der Waals surface area contributed by atoms with Crippen LogP contribution in [0.3, 0.4) is 0 Å². The molecule has 112 valence electrons. The van der Waals surface area contributed by atoms with Crippen LogP contribution < -0.4 is 5.32 Å². The molecule has 2 rings (SSSR count).